The third-order valence-corrected chi connectivity index (χ3v) is 6.58. The first-order chi connectivity index (χ1) is 18.4. The van der Waals surface area contributed by atoms with Crippen molar-refractivity contribution in [1.29, 1.82) is 0 Å². The van der Waals surface area contributed by atoms with Crippen molar-refractivity contribution in [3.05, 3.63) is 0 Å². The van der Waals surface area contributed by atoms with Gasteiger partial charge in [0.1, 0.15) is 24.7 Å². The third kappa shape index (κ3) is 26.2. The standard InChI is InChI=1S/C23H43NO5.C6H15NO3/c1-2-3-4-5-6-7-8-9-10-11-12-13-14-15-16-17-21(25)24-20(23(28)29)18-19-22(26)27;1-4(8)7(5(2)9)6(3)10/h20H,2-19H2,1H3,(H,24,25)(H,26,27)(H,28,29);4-6,8-10H,1-3H3/t20-;/m0./s1. The SMILES string of the molecule is CC(O)N(C(C)O)C(C)O.CCCCCCCCCCCCCCCCCC(=O)N[C@@H](CCC(=O)O)C(=O)O. The van der Waals surface area contributed by atoms with E-state index >= 15 is 0 Å². The monoisotopic (exact) mass is 562 g/mol. The van der Waals surface area contributed by atoms with Crippen LogP contribution in [0.1, 0.15) is 143 Å². The first kappa shape index (κ1) is 39.4. The van der Waals surface area contributed by atoms with Crippen LogP contribution in [0.2, 0.25) is 0 Å². The summed E-state index contributed by atoms with van der Waals surface area (Å²) in [6.45, 7) is 6.71. The van der Waals surface area contributed by atoms with Gasteiger partial charge in [-0.2, -0.15) is 0 Å². The normalized spacial score (nSPS) is 14.2. The average Bonchev–Trinajstić information content (AvgIpc) is 2.83. The van der Waals surface area contributed by atoms with Crippen LogP contribution in [-0.4, -0.2) is 73.0 Å². The molecule has 0 heterocycles. The van der Waals surface area contributed by atoms with Crippen LogP contribution < -0.4 is 5.32 Å². The maximum absolute atomic E-state index is 11.8. The lowest BCUT2D eigenvalue weighted by molar-refractivity contribution is -0.159. The molecule has 0 aromatic carbocycles. The molecule has 0 rings (SSSR count). The number of hydrogen-bond donors (Lipinski definition) is 6. The molecule has 0 aliphatic rings. The number of rotatable bonds is 24. The molecule has 0 saturated carbocycles. The maximum atomic E-state index is 11.8. The molecule has 39 heavy (non-hydrogen) atoms. The van der Waals surface area contributed by atoms with Gasteiger partial charge in [0.25, 0.3) is 0 Å². The zero-order chi connectivity index (χ0) is 30.1. The summed E-state index contributed by atoms with van der Waals surface area (Å²) < 4.78 is 0. The number of hydrogen-bond acceptors (Lipinski definition) is 7. The maximum Gasteiger partial charge on any atom is 0.326 e. The van der Waals surface area contributed by atoms with Crippen molar-refractivity contribution in [1.82, 2.24) is 10.2 Å². The average molecular weight is 563 g/mol. The highest BCUT2D eigenvalue weighted by atomic mass is 16.4. The highest BCUT2D eigenvalue weighted by Gasteiger charge is 2.21. The molecule has 0 spiro atoms. The molecule has 3 unspecified atom stereocenters. The van der Waals surface area contributed by atoms with Gasteiger partial charge < -0.3 is 30.8 Å². The van der Waals surface area contributed by atoms with E-state index in [-0.39, 0.29) is 18.7 Å². The minimum absolute atomic E-state index is 0.0880. The predicted molar refractivity (Wildman–Crippen MR) is 153 cm³/mol. The molecule has 232 valence electrons. The van der Waals surface area contributed by atoms with Gasteiger partial charge in [0.05, 0.1) is 0 Å². The van der Waals surface area contributed by atoms with Crippen molar-refractivity contribution >= 4 is 17.8 Å². The highest BCUT2D eigenvalue weighted by Crippen LogP contribution is 2.14. The number of unbranched alkanes of at least 4 members (excludes halogenated alkanes) is 14. The zero-order valence-electron chi connectivity index (χ0n) is 24.9. The van der Waals surface area contributed by atoms with Crippen molar-refractivity contribution in [2.24, 2.45) is 0 Å². The molecule has 0 radical (unpaired) electrons. The van der Waals surface area contributed by atoms with Gasteiger partial charge in [-0.3, -0.25) is 9.59 Å². The number of nitrogens with zero attached hydrogens (tertiary/aromatic N) is 1. The summed E-state index contributed by atoms with van der Waals surface area (Å²) >= 11 is 0. The third-order valence-electron chi connectivity index (χ3n) is 6.58. The summed E-state index contributed by atoms with van der Waals surface area (Å²) in [6.07, 6.45) is 16.3. The quantitative estimate of drug-likeness (QED) is 0.0701. The Bertz CT molecular complexity index is 595. The molecule has 0 aromatic rings. The van der Waals surface area contributed by atoms with Crippen LogP contribution in [0.25, 0.3) is 0 Å². The summed E-state index contributed by atoms with van der Waals surface area (Å²) in [4.78, 5) is 34.6. The molecular weight excluding hydrogens is 504 g/mol. The van der Waals surface area contributed by atoms with Crippen LogP contribution in [-0.2, 0) is 14.4 Å². The fraction of sp³-hybridized carbons (Fsp3) is 0.897. The molecule has 0 aliphatic carbocycles. The first-order valence-electron chi connectivity index (χ1n) is 15.0. The molecule has 0 fully saturated rings. The summed E-state index contributed by atoms with van der Waals surface area (Å²) in [5.74, 6) is -2.55. The number of carboxylic acids is 2. The van der Waals surface area contributed by atoms with Crippen LogP contribution in [0.4, 0.5) is 0 Å². The summed E-state index contributed by atoms with van der Waals surface area (Å²) in [5, 5.41) is 47.0. The van der Waals surface area contributed by atoms with Gasteiger partial charge in [-0.25, -0.2) is 9.69 Å². The number of amides is 1. The molecule has 0 aromatic heterocycles. The lowest BCUT2D eigenvalue weighted by atomic mass is 10.0. The predicted octanol–water partition coefficient (Wildman–Crippen LogP) is 4.99. The Balaban J connectivity index is 0. The van der Waals surface area contributed by atoms with Crippen LogP contribution in [0.15, 0.2) is 0 Å². The Hall–Kier alpha value is -1.75. The number of carboxylic acid groups (broad SMARTS) is 2. The number of carbonyl (C=O) groups is 3. The number of nitrogens with one attached hydrogen (secondary N) is 1. The van der Waals surface area contributed by atoms with Crippen LogP contribution in [0.5, 0.6) is 0 Å². The van der Waals surface area contributed by atoms with E-state index in [9.17, 15) is 14.4 Å². The van der Waals surface area contributed by atoms with Gasteiger partial charge in [0.15, 0.2) is 0 Å². The van der Waals surface area contributed by atoms with Gasteiger partial charge in [-0.05, 0) is 33.6 Å². The van der Waals surface area contributed by atoms with Gasteiger partial charge in [0, 0.05) is 12.8 Å². The van der Waals surface area contributed by atoms with E-state index in [1.165, 1.54) is 103 Å². The van der Waals surface area contributed by atoms with Crippen molar-refractivity contribution in [3.8, 4) is 0 Å². The Labute approximate surface area is 236 Å². The Morgan fingerprint density at radius 1 is 0.615 bits per heavy atom. The Kier molecular flexibility index (Phi) is 26.7. The van der Waals surface area contributed by atoms with Crippen molar-refractivity contribution in [2.45, 2.75) is 168 Å². The molecule has 1 amide bonds. The molecule has 0 saturated heterocycles. The fourth-order valence-corrected chi connectivity index (χ4v) is 4.39. The lowest BCUT2D eigenvalue weighted by Crippen LogP contribution is -2.45. The van der Waals surface area contributed by atoms with Gasteiger partial charge in [0.2, 0.25) is 5.91 Å². The van der Waals surface area contributed by atoms with Crippen molar-refractivity contribution < 1.29 is 39.9 Å². The van der Waals surface area contributed by atoms with Crippen LogP contribution in [0.3, 0.4) is 0 Å². The van der Waals surface area contributed by atoms with E-state index in [4.69, 9.17) is 25.5 Å². The molecule has 0 aliphatic heterocycles. The number of aliphatic hydroxyl groups is 3. The van der Waals surface area contributed by atoms with Crippen LogP contribution >= 0.6 is 0 Å². The van der Waals surface area contributed by atoms with Gasteiger partial charge in [-0.1, -0.05) is 96.8 Å². The van der Waals surface area contributed by atoms with E-state index < -0.39 is 36.7 Å². The van der Waals surface area contributed by atoms with Crippen molar-refractivity contribution in [2.75, 3.05) is 0 Å². The minimum Gasteiger partial charge on any atom is -0.481 e. The first-order valence-corrected chi connectivity index (χ1v) is 15.0. The summed E-state index contributed by atoms with van der Waals surface area (Å²) in [7, 11) is 0. The van der Waals surface area contributed by atoms with Crippen molar-refractivity contribution in [3.63, 3.8) is 0 Å². The molecule has 6 N–H and O–H groups in total. The Morgan fingerprint density at radius 3 is 1.26 bits per heavy atom. The van der Waals surface area contributed by atoms with E-state index in [0.29, 0.717) is 6.42 Å². The molecule has 10 nitrogen and oxygen atoms in total. The number of aliphatic carboxylic acids is 2. The second kappa shape index (κ2) is 26.5. The molecule has 10 heteroatoms. The summed E-state index contributed by atoms with van der Waals surface area (Å²) in [6, 6.07) is -1.12. The lowest BCUT2D eigenvalue weighted by Gasteiger charge is -2.30. The van der Waals surface area contributed by atoms with E-state index in [0.717, 1.165) is 19.3 Å². The summed E-state index contributed by atoms with van der Waals surface area (Å²) in [5.41, 5.74) is 0. The van der Waals surface area contributed by atoms with E-state index in [2.05, 4.69) is 12.2 Å². The molecule has 0 bridgehead atoms. The fourth-order valence-electron chi connectivity index (χ4n) is 4.39. The second-order valence-corrected chi connectivity index (χ2v) is 10.4. The van der Waals surface area contributed by atoms with E-state index in [1.807, 2.05) is 0 Å². The topological polar surface area (TPSA) is 168 Å². The zero-order valence-corrected chi connectivity index (χ0v) is 24.9. The molecule has 4 atom stereocenters. The minimum atomic E-state index is -1.18. The largest absolute Gasteiger partial charge is 0.481 e. The second-order valence-electron chi connectivity index (χ2n) is 10.4. The van der Waals surface area contributed by atoms with Gasteiger partial charge in [-0.15, -0.1) is 0 Å². The smallest absolute Gasteiger partial charge is 0.326 e. The number of carbonyl (C=O) groups excluding carboxylic acids is 1. The van der Waals surface area contributed by atoms with E-state index in [1.54, 1.807) is 0 Å². The Morgan fingerprint density at radius 2 is 0.974 bits per heavy atom. The highest BCUT2D eigenvalue weighted by molar-refractivity contribution is 5.83. The van der Waals surface area contributed by atoms with Gasteiger partial charge >= 0.3 is 11.9 Å². The number of aliphatic hydroxyl groups excluding tert-OH is 3. The molecular formula is C29H58N2O8. The van der Waals surface area contributed by atoms with Crippen LogP contribution in [0, 0.1) is 0 Å².